The van der Waals surface area contributed by atoms with E-state index in [-0.39, 0.29) is 23.8 Å². The Morgan fingerprint density at radius 3 is 2.52 bits per heavy atom. The zero-order valence-electron chi connectivity index (χ0n) is 17.9. The Balaban J connectivity index is 1.35. The summed E-state index contributed by atoms with van der Waals surface area (Å²) in [6.07, 6.45) is 6.81. The molecule has 2 aliphatic carbocycles. The molecular formula is C26H31FN2O2. The smallest absolute Gasteiger partial charge is 0.252 e. The maximum absolute atomic E-state index is 13.7. The summed E-state index contributed by atoms with van der Waals surface area (Å²) < 4.78 is 13.7. The zero-order valence-corrected chi connectivity index (χ0v) is 17.9. The molecule has 3 aliphatic rings. The van der Waals surface area contributed by atoms with Crippen molar-refractivity contribution in [2.45, 2.75) is 62.6 Å². The molecule has 3 fully saturated rings. The third kappa shape index (κ3) is 4.53. The Labute approximate surface area is 183 Å². The summed E-state index contributed by atoms with van der Waals surface area (Å²) in [5, 5.41) is 13.4. The average Bonchev–Trinajstić information content (AvgIpc) is 3.39. The standard InChI is InChI=1S/C26H31FN2O2/c27-22-9-3-8-21(16-22)20-7-2-6-19(14-20)15-24-23(28-25(30)26(31)11-12-26)10-13-29(24)17-18-4-1-5-18/h2-3,6-9,14,16,18,23-24,31H,1,4-5,10-13,15,17H2,(H,28,30). The first-order valence-electron chi connectivity index (χ1n) is 11.6. The van der Waals surface area contributed by atoms with Gasteiger partial charge >= 0.3 is 0 Å². The topological polar surface area (TPSA) is 52.6 Å². The van der Waals surface area contributed by atoms with E-state index >= 15 is 0 Å². The van der Waals surface area contributed by atoms with Crippen LogP contribution < -0.4 is 5.32 Å². The predicted octanol–water partition coefficient (Wildman–Crippen LogP) is 3.92. The second kappa shape index (κ2) is 8.36. The molecule has 2 aromatic rings. The molecule has 31 heavy (non-hydrogen) atoms. The number of amides is 1. The van der Waals surface area contributed by atoms with Crippen molar-refractivity contribution in [2.24, 2.45) is 5.92 Å². The number of hydrogen-bond donors (Lipinski definition) is 2. The van der Waals surface area contributed by atoms with E-state index in [4.69, 9.17) is 0 Å². The number of carbonyl (C=O) groups is 1. The molecule has 2 aromatic carbocycles. The maximum Gasteiger partial charge on any atom is 0.252 e. The van der Waals surface area contributed by atoms with Crippen molar-refractivity contribution in [3.63, 3.8) is 0 Å². The van der Waals surface area contributed by atoms with E-state index in [2.05, 4.69) is 22.3 Å². The van der Waals surface area contributed by atoms with Gasteiger partial charge in [0.05, 0.1) is 0 Å². The lowest BCUT2D eigenvalue weighted by atomic mass is 9.84. The Morgan fingerprint density at radius 1 is 1.10 bits per heavy atom. The molecule has 2 unspecified atom stereocenters. The number of nitrogens with zero attached hydrogens (tertiary/aromatic N) is 1. The summed E-state index contributed by atoms with van der Waals surface area (Å²) in [4.78, 5) is 15.1. The van der Waals surface area contributed by atoms with Gasteiger partial charge in [0.2, 0.25) is 0 Å². The number of hydrogen-bond acceptors (Lipinski definition) is 3. The van der Waals surface area contributed by atoms with Crippen LogP contribution in [-0.2, 0) is 11.2 Å². The van der Waals surface area contributed by atoms with E-state index in [1.54, 1.807) is 12.1 Å². The van der Waals surface area contributed by atoms with Crippen LogP contribution >= 0.6 is 0 Å². The Hall–Kier alpha value is -2.24. The molecule has 0 radical (unpaired) electrons. The molecule has 2 saturated carbocycles. The Kier molecular flexibility index (Phi) is 5.57. The number of benzene rings is 2. The van der Waals surface area contributed by atoms with Crippen molar-refractivity contribution in [3.8, 4) is 11.1 Å². The summed E-state index contributed by atoms with van der Waals surface area (Å²) >= 11 is 0. The van der Waals surface area contributed by atoms with Gasteiger partial charge in [0.1, 0.15) is 11.4 Å². The number of rotatable bonds is 7. The van der Waals surface area contributed by atoms with Gasteiger partial charge in [-0.3, -0.25) is 9.69 Å². The van der Waals surface area contributed by atoms with Crippen LogP contribution in [0.2, 0.25) is 0 Å². The monoisotopic (exact) mass is 422 g/mol. The lowest BCUT2D eigenvalue weighted by molar-refractivity contribution is -0.132. The summed E-state index contributed by atoms with van der Waals surface area (Å²) in [6, 6.07) is 15.3. The number of likely N-dealkylation sites (tertiary alicyclic amines) is 1. The van der Waals surface area contributed by atoms with Gasteiger partial charge in [-0.05, 0) is 73.3 Å². The number of nitrogens with one attached hydrogen (secondary N) is 1. The van der Waals surface area contributed by atoms with Gasteiger partial charge in [-0.1, -0.05) is 42.8 Å². The minimum Gasteiger partial charge on any atom is -0.380 e. The summed E-state index contributed by atoms with van der Waals surface area (Å²) in [6.45, 7) is 2.07. The Morgan fingerprint density at radius 2 is 1.84 bits per heavy atom. The molecule has 4 nitrogen and oxygen atoms in total. The summed E-state index contributed by atoms with van der Waals surface area (Å²) in [5.74, 6) is 0.329. The highest BCUT2D eigenvalue weighted by Crippen LogP contribution is 2.36. The molecule has 0 bridgehead atoms. The first kappa shape index (κ1) is 20.7. The molecule has 1 amide bonds. The quantitative estimate of drug-likeness (QED) is 0.711. The van der Waals surface area contributed by atoms with E-state index in [0.29, 0.717) is 12.8 Å². The lowest BCUT2D eigenvalue weighted by Gasteiger charge is -2.35. The third-order valence-electron chi connectivity index (χ3n) is 7.37. The van der Waals surface area contributed by atoms with E-state index in [0.717, 1.165) is 43.0 Å². The van der Waals surface area contributed by atoms with E-state index in [1.165, 1.54) is 30.9 Å². The molecule has 0 aromatic heterocycles. The van der Waals surface area contributed by atoms with Crippen LogP contribution in [0.5, 0.6) is 0 Å². The minimum atomic E-state index is -1.14. The fraction of sp³-hybridized carbons (Fsp3) is 0.500. The van der Waals surface area contributed by atoms with Crippen LogP contribution in [-0.4, -0.2) is 46.7 Å². The average molecular weight is 423 g/mol. The van der Waals surface area contributed by atoms with Crippen molar-refractivity contribution in [3.05, 3.63) is 59.9 Å². The highest BCUT2D eigenvalue weighted by Gasteiger charge is 2.49. The predicted molar refractivity (Wildman–Crippen MR) is 119 cm³/mol. The van der Waals surface area contributed by atoms with Crippen LogP contribution in [0, 0.1) is 11.7 Å². The van der Waals surface area contributed by atoms with Crippen molar-refractivity contribution < 1.29 is 14.3 Å². The van der Waals surface area contributed by atoms with Crippen molar-refractivity contribution >= 4 is 5.91 Å². The molecule has 2 N–H and O–H groups in total. The maximum atomic E-state index is 13.7. The highest BCUT2D eigenvalue weighted by molar-refractivity contribution is 5.88. The molecular weight excluding hydrogens is 391 g/mol. The lowest BCUT2D eigenvalue weighted by Crippen LogP contribution is -2.50. The van der Waals surface area contributed by atoms with Gasteiger partial charge in [0.15, 0.2) is 0 Å². The van der Waals surface area contributed by atoms with Crippen molar-refractivity contribution in [2.75, 3.05) is 13.1 Å². The van der Waals surface area contributed by atoms with Crippen LogP contribution in [0.4, 0.5) is 4.39 Å². The molecule has 5 rings (SSSR count). The number of carbonyl (C=O) groups excluding carboxylic acids is 1. The Bertz CT molecular complexity index is 954. The van der Waals surface area contributed by atoms with Gasteiger partial charge < -0.3 is 10.4 Å². The van der Waals surface area contributed by atoms with Crippen LogP contribution in [0.1, 0.15) is 44.1 Å². The van der Waals surface area contributed by atoms with Crippen molar-refractivity contribution in [1.29, 1.82) is 0 Å². The van der Waals surface area contributed by atoms with E-state index in [1.807, 2.05) is 18.2 Å². The van der Waals surface area contributed by atoms with Crippen LogP contribution in [0.3, 0.4) is 0 Å². The SMILES string of the molecule is O=C(NC1CCN(CC2CCC2)C1Cc1cccc(-c2cccc(F)c2)c1)C1(O)CC1. The minimum absolute atomic E-state index is 0.0510. The largest absolute Gasteiger partial charge is 0.380 e. The third-order valence-corrected chi connectivity index (χ3v) is 7.37. The fourth-order valence-corrected chi connectivity index (χ4v) is 5.03. The molecule has 1 aliphatic heterocycles. The molecule has 1 heterocycles. The first-order valence-corrected chi connectivity index (χ1v) is 11.6. The van der Waals surface area contributed by atoms with Gasteiger partial charge in [-0.25, -0.2) is 4.39 Å². The zero-order chi connectivity index (χ0) is 21.4. The first-order chi connectivity index (χ1) is 15.0. The molecule has 1 saturated heterocycles. The molecule has 5 heteroatoms. The molecule has 164 valence electrons. The fourth-order valence-electron chi connectivity index (χ4n) is 5.03. The van der Waals surface area contributed by atoms with Gasteiger partial charge in [-0.2, -0.15) is 0 Å². The van der Waals surface area contributed by atoms with Crippen LogP contribution in [0.25, 0.3) is 11.1 Å². The second-order valence-electron chi connectivity index (χ2n) is 9.67. The molecule has 0 spiro atoms. The van der Waals surface area contributed by atoms with E-state index in [9.17, 15) is 14.3 Å². The number of aliphatic hydroxyl groups is 1. The van der Waals surface area contributed by atoms with Gasteiger partial charge in [0.25, 0.3) is 5.91 Å². The highest BCUT2D eigenvalue weighted by atomic mass is 19.1. The second-order valence-corrected chi connectivity index (χ2v) is 9.67. The van der Waals surface area contributed by atoms with Crippen molar-refractivity contribution in [1.82, 2.24) is 10.2 Å². The molecule has 2 atom stereocenters. The van der Waals surface area contributed by atoms with Gasteiger partial charge in [0, 0.05) is 25.2 Å². The number of halogens is 1. The normalized spacial score (nSPS) is 25.2. The summed E-state index contributed by atoms with van der Waals surface area (Å²) in [5.41, 5.74) is 1.94. The van der Waals surface area contributed by atoms with Gasteiger partial charge in [-0.15, -0.1) is 0 Å². The van der Waals surface area contributed by atoms with Crippen LogP contribution in [0.15, 0.2) is 48.5 Å². The summed E-state index contributed by atoms with van der Waals surface area (Å²) in [7, 11) is 0. The van der Waals surface area contributed by atoms with E-state index < -0.39 is 5.60 Å².